The lowest BCUT2D eigenvalue weighted by atomic mass is 10.00. The van der Waals surface area contributed by atoms with E-state index in [0.29, 0.717) is 11.3 Å². The van der Waals surface area contributed by atoms with Crippen LogP contribution in [0.5, 0.6) is 0 Å². The Labute approximate surface area is 142 Å². The molecule has 2 aromatic rings. The number of anilines is 1. The number of fused-ring (bicyclic) bond motifs is 3. The highest BCUT2D eigenvalue weighted by atomic mass is 16.5. The van der Waals surface area contributed by atoms with E-state index in [4.69, 9.17) is 4.74 Å². The van der Waals surface area contributed by atoms with Gasteiger partial charge in [0.1, 0.15) is 12.2 Å². The molecule has 25 heavy (non-hydrogen) atoms. The van der Waals surface area contributed by atoms with Gasteiger partial charge in [-0.25, -0.2) is 4.79 Å². The second kappa shape index (κ2) is 5.52. The van der Waals surface area contributed by atoms with Gasteiger partial charge in [0.05, 0.1) is 5.69 Å². The van der Waals surface area contributed by atoms with Crippen molar-refractivity contribution < 1.29 is 23.9 Å². The van der Waals surface area contributed by atoms with Crippen molar-refractivity contribution in [1.82, 2.24) is 0 Å². The minimum atomic E-state index is -1.00. The minimum absolute atomic E-state index is 0.0384. The topological polar surface area (TPSA) is 80.8 Å². The van der Waals surface area contributed by atoms with Crippen molar-refractivity contribution in [3.8, 4) is 0 Å². The van der Waals surface area contributed by atoms with Crippen LogP contribution in [0.15, 0.2) is 65.9 Å². The second-order valence-electron chi connectivity index (χ2n) is 5.59. The molecule has 0 aliphatic carbocycles. The van der Waals surface area contributed by atoms with Crippen LogP contribution in [-0.4, -0.2) is 23.4 Å². The quantitative estimate of drug-likeness (QED) is 0.362. The van der Waals surface area contributed by atoms with Gasteiger partial charge in [0.15, 0.2) is 11.5 Å². The summed E-state index contributed by atoms with van der Waals surface area (Å²) in [6, 6.07) is 14.8. The molecule has 0 saturated heterocycles. The molecule has 0 atom stereocenters. The maximum Gasteiger partial charge on any atom is 0.356 e. The Hall–Kier alpha value is -3.54. The number of esters is 1. The largest absolute Gasteiger partial charge is 0.456 e. The molecule has 0 radical (unpaired) electrons. The predicted molar refractivity (Wildman–Crippen MR) is 86.5 cm³/mol. The highest BCUT2D eigenvalue weighted by molar-refractivity contribution is 6.59. The monoisotopic (exact) mass is 333 g/mol. The van der Waals surface area contributed by atoms with Crippen LogP contribution < -0.4 is 4.90 Å². The van der Waals surface area contributed by atoms with Gasteiger partial charge in [-0.3, -0.25) is 19.3 Å². The second-order valence-corrected chi connectivity index (χ2v) is 5.59. The fourth-order valence-corrected chi connectivity index (χ4v) is 2.96. The lowest BCUT2D eigenvalue weighted by molar-refractivity contribution is -0.140. The number of nitrogens with zero attached hydrogens (tertiary/aromatic N) is 1. The molecule has 4 rings (SSSR count). The molecule has 1 amide bonds. The molecular formula is C19H11NO5. The van der Waals surface area contributed by atoms with Crippen LogP contribution >= 0.6 is 0 Å². The zero-order chi connectivity index (χ0) is 17.6. The Morgan fingerprint density at radius 1 is 0.920 bits per heavy atom. The first kappa shape index (κ1) is 15.0. The Bertz CT molecular complexity index is 974. The lowest BCUT2D eigenvalue weighted by Crippen LogP contribution is -2.30. The van der Waals surface area contributed by atoms with E-state index in [-0.39, 0.29) is 17.9 Å². The average molecular weight is 333 g/mol. The van der Waals surface area contributed by atoms with Crippen LogP contribution in [-0.2, 0) is 25.7 Å². The third-order valence-corrected chi connectivity index (χ3v) is 4.13. The van der Waals surface area contributed by atoms with Gasteiger partial charge >= 0.3 is 11.9 Å². The summed E-state index contributed by atoms with van der Waals surface area (Å²) in [5.41, 5.74) is 0.419. The van der Waals surface area contributed by atoms with Gasteiger partial charge in [-0.1, -0.05) is 48.5 Å². The van der Waals surface area contributed by atoms with E-state index in [0.717, 1.165) is 4.90 Å². The van der Waals surface area contributed by atoms with Crippen molar-refractivity contribution in [2.24, 2.45) is 0 Å². The molecule has 0 unspecified atom stereocenters. The summed E-state index contributed by atoms with van der Waals surface area (Å²) in [5.74, 6) is -3.47. The molecule has 0 saturated carbocycles. The third kappa shape index (κ3) is 2.19. The van der Waals surface area contributed by atoms with Crippen LogP contribution in [0.3, 0.4) is 0 Å². The Morgan fingerprint density at radius 2 is 1.60 bits per heavy atom. The van der Waals surface area contributed by atoms with Gasteiger partial charge in [-0.2, -0.15) is 0 Å². The number of ketones is 2. The summed E-state index contributed by atoms with van der Waals surface area (Å²) < 4.78 is 5.16. The number of benzene rings is 2. The Balaban J connectivity index is 1.94. The van der Waals surface area contributed by atoms with Crippen molar-refractivity contribution in [1.29, 1.82) is 0 Å². The summed E-state index contributed by atoms with van der Waals surface area (Å²) in [6.45, 7) is -0.0384. The number of para-hydroxylation sites is 1. The molecule has 0 spiro atoms. The summed E-state index contributed by atoms with van der Waals surface area (Å²) in [7, 11) is 0. The van der Waals surface area contributed by atoms with Gasteiger partial charge in [-0.05, 0) is 6.07 Å². The van der Waals surface area contributed by atoms with Crippen molar-refractivity contribution in [2.75, 3.05) is 4.90 Å². The molecule has 0 bridgehead atoms. The van der Waals surface area contributed by atoms with Crippen LogP contribution in [0.25, 0.3) is 0 Å². The molecule has 2 aliphatic heterocycles. The molecule has 2 aromatic carbocycles. The highest BCUT2D eigenvalue weighted by Crippen LogP contribution is 2.35. The Morgan fingerprint density at radius 3 is 2.36 bits per heavy atom. The first-order valence-electron chi connectivity index (χ1n) is 7.57. The molecule has 2 heterocycles. The van der Waals surface area contributed by atoms with E-state index in [2.05, 4.69) is 0 Å². The predicted octanol–water partition coefficient (Wildman–Crippen LogP) is 1.80. The molecule has 2 aliphatic rings. The zero-order valence-electron chi connectivity index (χ0n) is 12.9. The molecular weight excluding hydrogens is 322 g/mol. The number of rotatable bonds is 2. The van der Waals surface area contributed by atoms with E-state index in [1.165, 1.54) is 12.1 Å². The first-order chi connectivity index (χ1) is 12.1. The zero-order valence-corrected chi connectivity index (χ0v) is 12.9. The number of Topliss-reactive ketones (excluding diaryl/α,β-unsaturated/α-hetero) is 2. The van der Waals surface area contributed by atoms with Crippen LogP contribution in [0.2, 0.25) is 0 Å². The number of carbonyl (C=O) groups excluding carboxylic acids is 4. The number of hydrogen-bond donors (Lipinski definition) is 0. The molecule has 0 aromatic heterocycles. The minimum Gasteiger partial charge on any atom is -0.456 e. The molecule has 0 N–H and O–H groups in total. The molecule has 6 nitrogen and oxygen atoms in total. The first-order valence-corrected chi connectivity index (χ1v) is 7.57. The van der Waals surface area contributed by atoms with Crippen molar-refractivity contribution in [3.63, 3.8) is 0 Å². The Kier molecular flexibility index (Phi) is 3.32. The van der Waals surface area contributed by atoms with Gasteiger partial charge in [-0.15, -0.1) is 0 Å². The summed E-state index contributed by atoms with van der Waals surface area (Å²) in [4.78, 5) is 51.2. The van der Waals surface area contributed by atoms with E-state index in [1.807, 2.05) is 0 Å². The third-order valence-electron chi connectivity index (χ3n) is 4.13. The lowest BCUT2D eigenvalue weighted by Gasteiger charge is -2.16. The number of cyclic esters (lactones) is 1. The van der Waals surface area contributed by atoms with E-state index in [1.54, 1.807) is 42.5 Å². The number of amides is 1. The number of carbonyl (C=O) groups is 4. The average Bonchev–Trinajstić information content (AvgIpc) is 2.81. The summed E-state index contributed by atoms with van der Waals surface area (Å²) in [6.07, 6.45) is 0. The van der Waals surface area contributed by atoms with E-state index in [9.17, 15) is 19.2 Å². The van der Waals surface area contributed by atoms with Crippen molar-refractivity contribution in [2.45, 2.75) is 6.61 Å². The smallest absolute Gasteiger partial charge is 0.356 e. The van der Waals surface area contributed by atoms with Crippen LogP contribution in [0.4, 0.5) is 5.69 Å². The van der Waals surface area contributed by atoms with Crippen LogP contribution in [0, 0.1) is 0 Å². The normalized spacial score (nSPS) is 16.3. The SMILES string of the molecule is O=C1OCc2ccccc2N2C(=O)C(=O)C(C(=O)c3ccccc3)=C12. The fraction of sp³-hybridized carbons (Fsp3) is 0.0526. The maximum atomic E-state index is 12.8. The fourth-order valence-electron chi connectivity index (χ4n) is 2.96. The molecule has 6 heteroatoms. The molecule has 0 fully saturated rings. The highest BCUT2D eigenvalue weighted by Gasteiger charge is 2.48. The van der Waals surface area contributed by atoms with Crippen molar-refractivity contribution in [3.05, 3.63) is 77.0 Å². The van der Waals surface area contributed by atoms with E-state index < -0.39 is 29.0 Å². The summed E-state index contributed by atoms with van der Waals surface area (Å²) >= 11 is 0. The standard InChI is InChI=1S/C19H11NO5/c21-16(11-6-2-1-3-7-11)14-15-19(24)25-10-12-8-4-5-9-13(12)20(15)18(23)17(14)22/h1-9H,10H2. The van der Waals surface area contributed by atoms with Crippen LogP contribution in [0.1, 0.15) is 15.9 Å². The van der Waals surface area contributed by atoms with Gasteiger partial charge in [0, 0.05) is 11.1 Å². The van der Waals surface area contributed by atoms with Gasteiger partial charge < -0.3 is 4.74 Å². The number of ether oxygens (including phenoxy) is 1. The molecule has 122 valence electrons. The van der Waals surface area contributed by atoms with Crippen molar-refractivity contribution >= 4 is 29.1 Å². The van der Waals surface area contributed by atoms with Gasteiger partial charge in [0.2, 0.25) is 0 Å². The maximum absolute atomic E-state index is 12.8. The van der Waals surface area contributed by atoms with E-state index >= 15 is 0 Å². The number of hydrogen-bond acceptors (Lipinski definition) is 5. The van der Waals surface area contributed by atoms with Gasteiger partial charge in [0.25, 0.3) is 5.78 Å². The summed E-state index contributed by atoms with van der Waals surface area (Å²) in [5, 5.41) is 0.